The number of hydrogen-bond acceptors (Lipinski definition) is 6. The van der Waals surface area contributed by atoms with Crippen LogP contribution in [0.3, 0.4) is 0 Å². The third-order valence-electron chi connectivity index (χ3n) is 4.14. The van der Waals surface area contributed by atoms with Crippen molar-refractivity contribution in [3.63, 3.8) is 0 Å². The van der Waals surface area contributed by atoms with Crippen LogP contribution in [0.2, 0.25) is 0 Å². The van der Waals surface area contributed by atoms with Crippen LogP contribution in [0.25, 0.3) is 0 Å². The zero-order chi connectivity index (χ0) is 16.8. The van der Waals surface area contributed by atoms with Crippen LogP contribution >= 0.6 is 11.3 Å². The van der Waals surface area contributed by atoms with Crippen molar-refractivity contribution in [3.8, 4) is 0 Å². The average molecular weight is 348 g/mol. The number of nitrogens with zero attached hydrogens (tertiary/aromatic N) is 3. The summed E-state index contributed by atoms with van der Waals surface area (Å²) in [5, 5.41) is 7.55. The van der Waals surface area contributed by atoms with Gasteiger partial charge in [0.25, 0.3) is 0 Å². The average Bonchev–Trinajstić information content (AvgIpc) is 3.13. The number of carbonyl (C=O) groups is 1. The molecule has 0 aliphatic heterocycles. The van der Waals surface area contributed by atoms with E-state index in [9.17, 15) is 4.79 Å². The van der Waals surface area contributed by atoms with Crippen LogP contribution in [-0.2, 0) is 30.5 Å². The topological polar surface area (TPSA) is 80.9 Å². The molecule has 2 aromatic rings. The highest BCUT2D eigenvalue weighted by Gasteiger charge is 2.15. The first-order chi connectivity index (χ1) is 11.7. The normalized spacial score (nSPS) is 14.7. The summed E-state index contributed by atoms with van der Waals surface area (Å²) in [5.41, 5.74) is 1.18. The molecule has 0 spiro atoms. The predicted molar refractivity (Wildman–Crippen MR) is 93.2 cm³/mol. The summed E-state index contributed by atoms with van der Waals surface area (Å²) in [5.74, 6) is 1.19. The molecule has 2 aromatic heterocycles. The molecule has 0 aromatic carbocycles. The van der Waals surface area contributed by atoms with E-state index in [4.69, 9.17) is 4.52 Å². The van der Waals surface area contributed by atoms with Crippen LogP contribution < -0.4 is 5.32 Å². The predicted octanol–water partition coefficient (Wildman–Crippen LogP) is 3.71. The van der Waals surface area contributed by atoms with Crippen LogP contribution in [0.15, 0.2) is 4.52 Å². The van der Waals surface area contributed by atoms with Gasteiger partial charge >= 0.3 is 0 Å². The van der Waals surface area contributed by atoms with E-state index in [2.05, 4.69) is 27.4 Å². The summed E-state index contributed by atoms with van der Waals surface area (Å²) < 4.78 is 5.16. The van der Waals surface area contributed by atoms with Gasteiger partial charge < -0.3 is 9.84 Å². The second-order valence-corrected chi connectivity index (χ2v) is 7.29. The van der Waals surface area contributed by atoms with E-state index in [1.165, 1.54) is 36.3 Å². The van der Waals surface area contributed by atoms with Crippen molar-refractivity contribution in [2.75, 3.05) is 5.32 Å². The SMILES string of the molecule is CCCc1noc(CCC(=O)Nc2nc3c(s2)CCCCCC3)n1. The Morgan fingerprint density at radius 1 is 1.17 bits per heavy atom. The Hall–Kier alpha value is -1.76. The van der Waals surface area contributed by atoms with Gasteiger partial charge in [0, 0.05) is 24.1 Å². The highest BCUT2D eigenvalue weighted by Crippen LogP contribution is 2.28. The molecule has 0 unspecified atom stereocenters. The Balaban J connectivity index is 1.51. The number of aryl methyl sites for hydroxylation is 4. The molecule has 3 rings (SSSR count). The Morgan fingerprint density at radius 2 is 2.00 bits per heavy atom. The van der Waals surface area contributed by atoms with Gasteiger partial charge in [0.1, 0.15) is 0 Å². The quantitative estimate of drug-likeness (QED) is 0.860. The molecular formula is C17H24N4O2S. The molecule has 1 aliphatic rings. The van der Waals surface area contributed by atoms with Gasteiger partial charge in [-0.15, -0.1) is 11.3 Å². The van der Waals surface area contributed by atoms with Crippen molar-refractivity contribution in [2.45, 2.75) is 71.1 Å². The summed E-state index contributed by atoms with van der Waals surface area (Å²) in [4.78, 5) is 22.4. The van der Waals surface area contributed by atoms with Gasteiger partial charge in [-0.2, -0.15) is 4.98 Å². The highest BCUT2D eigenvalue weighted by molar-refractivity contribution is 7.15. The third kappa shape index (κ3) is 4.63. The van der Waals surface area contributed by atoms with E-state index in [1.807, 2.05) is 0 Å². The van der Waals surface area contributed by atoms with E-state index < -0.39 is 0 Å². The number of rotatable bonds is 6. The maximum absolute atomic E-state index is 12.1. The zero-order valence-electron chi connectivity index (χ0n) is 14.1. The molecule has 0 atom stereocenters. The van der Waals surface area contributed by atoms with E-state index in [1.54, 1.807) is 11.3 Å². The summed E-state index contributed by atoms with van der Waals surface area (Å²) >= 11 is 1.62. The van der Waals surface area contributed by atoms with Crippen molar-refractivity contribution in [2.24, 2.45) is 0 Å². The Bertz CT molecular complexity index is 654. The minimum Gasteiger partial charge on any atom is -0.339 e. The number of anilines is 1. The minimum atomic E-state index is -0.0491. The van der Waals surface area contributed by atoms with Crippen molar-refractivity contribution in [1.29, 1.82) is 0 Å². The Labute approximate surface area is 146 Å². The van der Waals surface area contributed by atoms with Gasteiger partial charge in [0.15, 0.2) is 11.0 Å². The molecule has 1 amide bonds. The fourth-order valence-corrected chi connectivity index (χ4v) is 3.94. The van der Waals surface area contributed by atoms with Crippen molar-refractivity contribution in [1.82, 2.24) is 15.1 Å². The molecule has 2 heterocycles. The first-order valence-electron chi connectivity index (χ1n) is 8.84. The number of hydrogen-bond donors (Lipinski definition) is 1. The molecule has 0 radical (unpaired) electrons. The summed E-state index contributed by atoms with van der Waals surface area (Å²) in [6.45, 7) is 2.07. The molecule has 0 saturated carbocycles. The van der Waals surface area contributed by atoms with Crippen LogP contribution in [0, 0.1) is 0 Å². The first-order valence-corrected chi connectivity index (χ1v) is 9.66. The first kappa shape index (κ1) is 17.1. The number of nitrogens with one attached hydrogen (secondary N) is 1. The molecule has 1 aliphatic carbocycles. The second kappa shape index (κ2) is 8.37. The Kier molecular flexibility index (Phi) is 5.96. The zero-order valence-corrected chi connectivity index (χ0v) is 15.0. The van der Waals surface area contributed by atoms with E-state index in [-0.39, 0.29) is 5.91 Å². The lowest BCUT2D eigenvalue weighted by Gasteiger charge is -2.06. The van der Waals surface area contributed by atoms with E-state index in [0.29, 0.717) is 24.6 Å². The van der Waals surface area contributed by atoms with Crippen LogP contribution in [0.5, 0.6) is 0 Å². The van der Waals surface area contributed by atoms with Crippen LogP contribution in [-0.4, -0.2) is 21.0 Å². The number of thiazole rings is 1. The van der Waals surface area contributed by atoms with Crippen molar-refractivity contribution < 1.29 is 9.32 Å². The third-order valence-corrected chi connectivity index (χ3v) is 5.21. The van der Waals surface area contributed by atoms with E-state index in [0.717, 1.165) is 30.8 Å². The lowest BCUT2D eigenvalue weighted by atomic mass is 10.0. The van der Waals surface area contributed by atoms with Crippen LogP contribution in [0.1, 0.15) is 67.7 Å². The van der Waals surface area contributed by atoms with Gasteiger partial charge in [0.2, 0.25) is 11.8 Å². The summed E-state index contributed by atoms with van der Waals surface area (Å²) in [6.07, 6.45) is 9.70. The standard InChI is InChI=1S/C17H24N4O2S/c1-2-7-14-19-16(23-21-14)11-10-15(22)20-17-18-12-8-5-3-4-6-9-13(12)24-17/h2-11H2,1H3,(H,18,20,22). The molecule has 0 fully saturated rings. The molecule has 0 saturated heterocycles. The molecule has 0 bridgehead atoms. The largest absolute Gasteiger partial charge is 0.339 e. The second-order valence-electron chi connectivity index (χ2n) is 6.21. The lowest BCUT2D eigenvalue weighted by Crippen LogP contribution is -2.12. The fourth-order valence-electron chi connectivity index (χ4n) is 2.88. The number of carbonyl (C=O) groups excluding carboxylic acids is 1. The highest BCUT2D eigenvalue weighted by atomic mass is 32.1. The van der Waals surface area contributed by atoms with Gasteiger partial charge in [-0.3, -0.25) is 4.79 Å². The smallest absolute Gasteiger partial charge is 0.227 e. The number of aromatic nitrogens is 3. The lowest BCUT2D eigenvalue weighted by molar-refractivity contribution is -0.116. The number of fused-ring (bicyclic) bond motifs is 1. The van der Waals surface area contributed by atoms with Crippen LogP contribution in [0.4, 0.5) is 5.13 Å². The van der Waals surface area contributed by atoms with Crippen molar-refractivity contribution in [3.05, 3.63) is 22.3 Å². The Morgan fingerprint density at radius 3 is 2.83 bits per heavy atom. The van der Waals surface area contributed by atoms with E-state index >= 15 is 0 Å². The molecule has 1 N–H and O–H groups in total. The molecule has 130 valence electrons. The van der Waals surface area contributed by atoms with Gasteiger partial charge in [-0.1, -0.05) is 24.9 Å². The van der Waals surface area contributed by atoms with Gasteiger partial charge in [0.05, 0.1) is 5.69 Å². The number of amides is 1. The molecule has 7 heteroatoms. The summed E-state index contributed by atoms with van der Waals surface area (Å²) in [7, 11) is 0. The monoisotopic (exact) mass is 348 g/mol. The van der Waals surface area contributed by atoms with Gasteiger partial charge in [-0.25, -0.2) is 4.98 Å². The summed E-state index contributed by atoms with van der Waals surface area (Å²) in [6, 6.07) is 0. The molecule has 6 nitrogen and oxygen atoms in total. The minimum absolute atomic E-state index is 0.0491. The maximum atomic E-state index is 12.1. The van der Waals surface area contributed by atoms with Gasteiger partial charge in [-0.05, 0) is 32.1 Å². The molecular weight excluding hydrogens is 324 g/mol. The molecule has 24 heavy (non-hydrogen) atoms. The maximum Gasteiger partial charge on any atom is 0.227 e. The van der Waals surface area contributed by atoms with Crippen molar-refractivity contribution >= 4 is 22.4 Å². The fraction of sp³-hybridized carbons (Fsp3) is 0.647.